The quantitative estimate of drug-likeness (QED) is 0.0494. The number of aromatic nitrogens is 11. The molecule has 5 aromatic heterocycles. The maximum absolute atomic E-state index is 14.0. The molecule has 0 spiro atoms. The summed E-state index contributed by atoms with van der Waals surface area (Å²) in [6.45, 7) is 8.01. The molecule has 0 fully saturated rings. The molecular weight excluding hydrogens is 1270 g/mol. The van der Waals surface area contributed by atoms with Gasteiger partial charge in [0.1, 0.15) is 48.1 Å². The third kappa shape index (κ3) is 13.8. The molecule has 84 heavy (non-hydrogen) atoms. The molecule has 6 aromatic carbocycles. The number of methoxy groups -OCH3 is 2. The fourth-order valence-electron chi connectivity index (χ4n) is 9.47. The van der Waals surface area contributed by atoms with Crippen molar-refractivity contribution in [1.82, 2.24) is 54.3 Å². The molecule has 0 aliphatic carbocycles. The number of hydrogen-bond acceptors (Lipinski definition) is 14. The van der Waals surface area contributed by atoms with Crippen LogP contribution >= 0.6 is 47.3 Å². The molecule has 12 rings (SSSR count). The van der Waals surface area contributed by atoms with Crippen molar-refractivity contribution >= 4 is 93.4 Å². The van der Waals surface area contributed by atoms with Gasteiger partial charge in [0.25, 0.3) is 5.91 Å². The number of anilines is 3. The highest BCUT2D eigenvalue weighted by Crippen LogP contribution is 2.44. The van der Waals surface area contributed by atoms with Gasteiger partial charge in [-0.25, -0.2) is 19.7 Å². The fourth-order valence-corrected chi connectivity index (χ4v) is 10.2. The van der Waals surface area contributed by atoms with E-state index >= 15 is 0 Å². The molecule has 11 aromatic rings. The van der Waals surface area contributed by atoms with E-state index in [0.717, 1.165) is 67.8 Å². The molecule has 4 N–H and O–H groups in total. The molecule has 0 atom stereocenters. The summed E-state index contributed by atoms with van der Waals surface area (Å²) in [5.41, 5.74) is 12.0. The van der Waals surface area contributed by atoms with Crippen LogP contribution in [0.2, 0.25) is 25.7 Å². The molecule has 424 valence electrons. The summed E-state index contributed by atoms with van der Waals surface area (Å²) >= 11 is 9.31. The molecule has 6 heterocycles. The second kappa shape index (κ2) is 26.8. The number of fused-ring (bicyclic) bond motifs is 2. The van der Waals surface area contributed by atoms with Gasteiger partial charge in [0.15, 0.2) is 5.65 Å². The van der Waals surface area contributed by atoms with Crippen LogP contribution in [0.25, 0.3) is 67.1 Å². The lowest BCUT2D eigenvalue weighted by Gasteiger charge is -2.22. The number of carbonyl (C=O) groups excluding carboxylic acids is 1. The maximum atomic E-state index is 14.0. The summed E-state index contributed by atoms with van der Waals surface area (Å²) in [4.78, 5) is 27.9. The van der Waals surface area contributed by atoms with Crippen molar-refractivity contribution in [3.05, 3.63) is 199 Å². The van der Waals surface area contributed by atoms with E-state index in [0.29, 0.717) is 71.4 Å². The van der Waals surface area contributed by atoms with Crippen molar-refractivity contribution < 1.29 is 24.1 Å². The number of H-pyrrole nitrogens is 1. The van der Waals surface area contributed by atoms with Gasteiger partial charge in [0.2, 0.25) is 17.8 Å². The van der Waals surface area contributed by atoms with Gasteiger partial charge >= 0.3 is 3.18 Å². The Morgan fingerprint density at radius 1 is 0.655 bits per heavy atom. The van der Waals surface area contributed by atoms with Gasteiger partial charge < -0.3 is 30.0 Å². The van der Waals surface area contributed by atoms with E-state index in [1.807, 2.05) is 133 Å². The number of halogens is 3. The first-order valence-corrected chi connectivity index (χ1v) is 33.1. The van der Waals surface area contributed by atoms with Gasteiger partial charge in [-0.05, 0) is 52.6 Å². The Kier molecular flexibility index (Phi) is 18.8. The fraction of sp³-hybridized carbons (Fsp3) is 0.148. The van der Waals surface area contributed by atoms with Crippen molar-refractivity contribution in [3.8, 4) is 73.3 Å². The lowest BCUT2D eigenvalue weighted by atomic mass is 9.92. The summed E-state index contributed by atoms with van der Waals surface area (Å²) in [5.74, 6) is 2.47. The van der Waals surface area contributed by atoms with Crippen molar-refractivity contribution in [2.75, 3.05) is 31.5 Å². The van der Waals surface area contributed by atoms with E-state index < -0.39 is 8.07 Å². The van der Waals surface area contributed by atoms with Crippen LogP contribution in [0.1, 0.15) is 16.1 Å². The monoisotopic (exact) mass is 1330 g/mol. The predicted octanol–water partition coefficient (Wildman–Crippen LogP) is 14.3. The summed E-state index contributed by atoms with van der Waals surface area (Å²) < 4.78 is 22.6. The average molecular weight is 1330 g/mol. The molecular formula is C61H57BBr3N13O5Si. The summed E-state index contributed by atoms with van der Waals surface area (Å²) in [6.07, 6.45) is 3.47. The minimum Gasteiger partial charge on any atom is -0.508 e. The van der Waals surface area contributed by atoms with Gasteiger partial charge in [0, 0.05) is 43.5 Å². The van der Waals surface area contributed by atoms with Gasteiger partial charge in [-0.3, -0.25) is 4.79 Å². The number of allylic oxidation sites excluding steroid dienone is 2. The predicted molar refractivity (Wildman–Crippen MR) is 345 cm³/mol. The normalized spacial score (nSPS) is 12.0. The first-order valence-electron chi connectivity index (χ1n) is 26.6. The zero-order chi connectivity index (χ0) is 58.7. The lowest BCUT2D eigenvalue weighted by molar-refractivity contribution is 0.0785. The molecule has 1 aliphatic rings. The average Bonchev–Trinajstić information content (AvgIpc) is 2.60. The Hall–Kier alpha value is -8.48. The van der Waals surface area contributed by atoms with Crippen LogP contribution in [-0.2, 0) is 17.9 Å². The number of nitrogens with zero attached hydrogens (tertiary/aromatic N) is 10. The number of ether oxygens (including phenoxy) is 3. The van der Waals surface area contributed by atoms with E-state index in [1.165, 1.54) is 11.0 Å². The van der Waals surface area contributed by atoms with Crippen molar-refractivity contribution in [1.29, 1.82) is 0 Å². The number of rotatable bonds is 17. The topological polar surface area (TPSA) is 209 Å². The molecule has 0 saturated heterocycles. The highest BCUT2D eigenvalue weighted by Gasteiger charge is 2.34. The first kappa shape index (κ1) is 58.7. The van der Waals surface area contributed by atoms with E-state index in [4.69, 9.17) is 29.4 Å². The highest BCUT2D eigenvalue weighted by molar-refractivity contribution is 9.69. The van der Waals surface area contributed by atoms with Gasteiger partial charge in [-0.15, -0.1) is 52.4 Å². The smallest absolute Gasteiger partial charge is 0.369 e. The standard InChI is InChI=1S/C34H37N7O3Si.C27H20N6O2.BBr3/c1-42-27-18-16-25(17-19-27)29-31(37-34-35-22-40(39-34)23-44-20-21-45(3,4)5)36-32-28(24-12-8-6-9-13-24)30(26-14-10-7-11-15-26)38-41(32)33(29)43-2;34-20-13-11-18(12-14-20)23-21(30-27-28-16-29-31-27)15-22-24(17-7-3-1-4-8-17)25(32-33(22)26(23)35)19-9-5-2-6-10-19;2-1(3)4/h6-19,22H,20-21,23H2,1-5H3,(H,36,37,39);1-14,16,34H,15H2,(H2,28,29,30,31);. The van der Waals surface area contributed by atoms with Crippen LogP contribution in [0.15, 0.2) is 188 Å². The second-order valence-electron chi connectivity index (χ2n) is 20.2. The van der Waals surface area contributed by atoms with E-state index in [1.54, 1.807) is 54.0 Å². The Morgan fingerprint density at radius 3 is 1.77 bits per heavy atom. The maximum Gasteiger partial charge on any atom is 0.369 e. The van der Waals surface area contributed by atoms with Gasteiger partial charge in [-0.2, -0.15) is 29.5 Å². The number of nitrogens with one attached hydrogen (secondary N) is 3. The molecule has 0 amide bonds. The third-order valence-electron chi connectivity index (χ3n) is 13.4. The molecule has 0 unspecified atom stereocenters. The molecule has 23 heteroatoms. The second-order valence-corrected chi connectivity index (χ2v) is 32.3. The van der Waals surface area contributed by atoms with Crippen molar-refractivity contribution in [2.24, 2.45) is 0 Å². The minimum absolute atomic E-state index is 0.125. The van der Waals surface area contributed by atoms with Crippen molar-refractivity contribution in [3.63, 3.8) is 0 Å². The van der Waals surface area contributed by atoms with Gasteiger partial charge in [0.05, 0.1) is 36.6 Å². The number of phenolic OH excluding ortho intramolecular Hbond substituents is 1. The van der Waals surface area contributed by atoms with Crippen LogP contribution in [0.3, 0.4) is 0 Å². The number of carbonyl (C=O) groups is 1. The zero-order valence-corrected chi connectivity index (χ0v) is 52.2. The number of aromatic amines is 1. The summed E-state index contributed by atoms with van der Waals surface area (Å²) in [5, 5.41) is 37.7. The van der Waals surface area contributed by atoms with Gasteiger partial charge in [-0.1, -0.05) is 165 Å². The highest BCUT2D eigenvalue weighted by atomic mass is 79.9. The SMILES string of the molecule is BrB(Br)Br.COc1ccc(-c2c(Nc3ncn(COCC[Si](C)(C)C)n3)nc3c(-c4ccccc4)c(-c4ccccc4)nn3c2OC)cc1.O=C1C(c2ccc(O)cc2)=C(Nc2ncn[nH]2)Cc2c(-c3ccccc3)c(-c3ccccc3)nn21. The zero-order valence-electron chi connectivity index (χ0n) is 46.4. The number of benzene rings is 6. The van der Waals surface area contributed by atoms with Crippen LogP contribution in [0.5, 0.6) is 17.4 Å². The molecule has 0 saturated carbocycles. The molecule has 18 nitrogen and oxygen atoms in total. The Morgan fingerprint density at radius 2 is 1.21 bits per heavy atom. The largest absolute Gasteiger partial charge is 0.508 e. The van der Waals surface area contributed by atoms with E-state index in [-0.39, 0.29) is 14.8 Å². The molecule has 1 aliphatic heterocycles. The Labute approximate surface area is 511 Å². The third-order valence-corrected chi connectivity index (χ3v) is 15.1. The summed E-state index contributed by atoms with van der Waals surface area (Å²) in [7, 11) is 2.10. The van der Waals surface area contributed by atoms with Crippen LogP contribution in [0.4, 0.5) is 17.7 Å². The van der Waals surface area contributed by atoms with Crippen LogP contribution in [-0.4, -0.2) is 97.4 Å². The number of hydrogen-bond donors (Lipinski definition) is 4. The molecule has 0 bridgehead atoms. The van der Waals surface area contributed by atoms with Crippen LogP contribution < -0.4 is 20.1 Å². The number of phenols is 1. The number of aromatic hydroxyl groups is 1. The van der Waals surface area contributed by atoms with E-state index in [2.05, 4.69) is 115 Å². The minimum atomic E-state index is -1.18. The van der Waals surface area contributed by atoms with Crippen molar-refractivity contribution in [2.45, 2.75) is 38.8 Å². The lowest BCUT2D eigenvalue weighted by Crippen LogP contribution is -2.26. The van der Waals surface area contributed by atoms with Crippen LogP contribution in [0, 0.1) is 0 Å². The summed E-state index contributed by atoms with van der Waals surface area (Å²) in [6, 6.07) is 55.5. The Bertz CT molecular complexity index is 4020. The van der Waals surface area contributed by atoms with E-state index in [9.17, 15) is 9.90 Å². The first-order chi connectivity index (χ1) is 40.8. The Balaban J connectivity index is 0.000000181. The molecule has 0 radical (unpaired) electrons.